The molecule has 0 saturated heterocycles. The Kier molecular flexibility index (Phi) is 5.47. The molecular formula is C13H18F3NO. The van der Waals surface area contributed by atoms with Gasteiger partial charge in [0, 0.05) is 12.5 Å². The maximum absolute atomic E-state index is 12.3. The molecule has 1 N–H and O–H groups in total. The van der Waals surface area contributed by atoms with Gasteiger partial charge in [0.15, 0.2) is 0 Å². The summed E-state index contributed by atoms with van der Waals surface area (Å²) in [5.41, 5.74) is -0.657. The molecule has 102 valence electrons. The first kappa shape index (κ1) is 14.8. The van der Waals surface area contributed by atoms with Crippen LogP contribution in [0.25, 0.3) is 0 Å². The van der Waals surface area contributed by atoms with Crippen LogP contribution in [-0.2, 0) is 6.18 Å². The Morgan fingerprint density at radius 2 is 1.83 bits per heavy atom. The highest BCUT2D eigenvalue weighted by Crippen LogP contribution is 2.30. The molecule has 1 aromatic rings. The van der Waals surface area contributed by atoms with E-state index >= 15 is 0 Å². The molecule has 0 fully saturated rings. The van der Waals surface area contributed by atoms with E-state index in [0.29, 0.717) is 18.3 Å². The van der Waals surface area contributed by atoms with Gasteiger partial charge in [0.1, 0.15) is 5.75 Å². The zero-order valence-corrected chi connectivity index (χ0v) is 10.6. The van der Waals surface area contributed by atoms with E-state index in [-0.39, 0.29) is 0 Å². The van der Waals surface area contributed by atoms with Crippen molar-refractivity contribution in [2.45, 2.75) is 20.0 Å². The molecule has 18 heavy (non-hydrogen) atoms. The summed E-state index contributed by atoms with van der Waals surface area (Å²) in [4.78, 5) is 0. The van der Waals surface area contributed by atoms with Gasteiger partial charge in [-0.25, -0.2) is 0 Å². The average molecular weight is 261 g/mol. The molecule has 1 unspecified atom stereocenters. The second-order valence-corrected chi connectivity index (χ2v) is 4.25. The third-order valence-corrected chi connectivity index (χ3v) is 2.46. The van der Waals surface area contributed by atoms with Gasteiger partial charge in [-0.1, -0.05) is 13.8 Å². The van der Waals surface area contributed by atoms with Crippen LogP contribution in [0.1, 0.15) is 19.4 Å². The summed E-state index contributed by atoms with van der Waals surface area (Å²) < 4.78 is 42.4. The van der Waals surface area contributed by atoms with Crippen molar-refractivity contribution in [2.75, 3.05) is 19.7 Å². The highest BCUT2D eigenvalue weighted by atomic mass is 19.4. The predicted octanol–water partition coefficient (Wildman–Crippen LogP) is 3.33. The van der Waals surface area contributed by atoms with Crippen LogP contribution in [0.3, 0.4) is 0 Å². The monoisotopic (exact) mass is 261 g/mol. The summed E-state index contributed by atoms with van der Waals surface area (Å²) in [6.45, 7) is 6.25. The summed E-state index contributed by atoms with van der Waals surface area (Å²) in [6.07, 6.45) is -4.29. The summed E-state index contributed by atoms with van der Waals surface area (Å²) in [7, 11) is 0. The summed E-state index contributed by atoms with van der Waals surface area (Å²) >= 11 is 0. The Balaban J connectivity index is 2.44. The molecule has 0 aliphatic heterocycles. The minimum atomic E-state index is -4.29. The zero-order valence-electron chi connectivity index (χ0n) is 10.6. The van der Waals surface area contributed by atoms with E-state index in [1.165, 1.54) is 12.1 Å². The van der Waals surface area contributed by atoms with Crippen molar-refractivity contribution in [3.8, 4) is 5.75 Å². The third-order valence-electron chi connectivity index (χ3n) is 2.46. The summed E-state index contributed by atoms with van der Waals surface area (Å²) in [6, 6.07) is 4.76. The van der Waals surface area contributed by atoms with E-state index in [0.717, 1.165) is 25.2 Å². The third kappa shape index (κ3) is 4.96. The van der Waals surface area contributed by atoms with Crippen molar-refractivity contribution in [3.63, 3.8) is 0 Å². The van der Waals surface area contributed by atoms with Gasteiger partial charge >= 0.3 is 6.18 Å². The molecule has 0 aromatic heterocycles. The van der Waals surface area contributed by atoms with E-state index in [1.807, 2.05) is 13.8 Å². The quantitative estimate of drug-likeness (QED) is 0.848. The lowest BCUT2D eigenvalue weighted by molar-refractivity contribution is -0.137. The predicted molar refractivity (Wildman–Crippen MR) is 64.6 cm³/mol. The van der Waals surface area contributed by atoms with Crippen molar-refractivity contribution >= 4 is 0 Å². The molecule has 0 aliphatic carbocycles. The van der Waals surface area contributed by atoms with E-state index in [4.69, 9.17) is 4.74 Å². The van der Waals surface area contributed by atoms with Gasteiger partial charge in [-0.2, -0.15) is 13.2 Å². The lowest BCUT2D eigenvalue weighted by Crippen LogP contribution is -2.24. The fourth-order valence-electron chi connectivity index (χ4n) is 1.43. The Hall–Kier alpha value is -1.23. The Labute approximate surface area is 105 Å². The van der Waals surface area contributed by atoms with Gasteiger partial charge in [-0.3, -0.25) is 0 Å². The molecule has 0 spiro atoms. The van der Waals surface area contributed by atoms with E-state index in [2.05, 4.69) is 5.32 Å². The minimum Gasteiger partial charge on any atom is -0.493 e. The van der Waals surface area contributed by atoms with Gasteiger partial charge in [0.2, 0.25) is 0 Å². The van der Waals surface area contributed by atoms with E-state index < -0.39 is 11.7 Å². The van der Waals surface area contributed by atoms with Crippen molar-refractivity contribution < 1.29 is 17.9 Å². The second kappa shape index (κ2) is 6.64. The average Bonchev–Trinajstić information content (AvgIpc) is 2.33. The molecule has 0 aliphatic rings. The van der Waals surface area contributed by atoms with Crippen molar-refractivity contribution in [1.29, 1.82) is 0 Å². The SMILES string of the molecule is CCNCC(C)COc1ccc(C(F)(F)F)cc1. The van der Waals surface area contributed by atoms with Gasteiger partial charge in [-0.15, -0.1) is 0 Å². The molecule has 0 radical (unpaired) electrons. The van der Waals surface area contributed by atoms with E-state index in [1.54, 1.807) is 0 Å². The molecule has 0 amide bonds. The van der Waals surface area contributed by atoms with Crippen LogP contribution < -0.4 is 10.1 Å². The lowest BCUT2D eigenvalue weighted by Gasteiger charge is -2.14. The molecular weight excluding hydrogens is 243 g/mol. The zero-order chi connectivity index (χ0) is 13.6. The number of alkyl halides is 3. The number of hydrogen-bond acceptors (Lipinski definition) is 2. The highest BCUT2D eigenvalue weighted by molar-refractivity contribution is 5.28. The molecule has 0 heterocycles. The number of nitrogens with one attached hydrogen (secondary N) is 1. The maximum atomic E-state index is 12.3. The Morgan fingerprint density at radius 1 is 1.22 bits per heavy atom. The first-order chi connectivity index (χ1) is 8.43. The van der Waals surface area contributed by atoms with E-state index in [9.17, 15) is 13.2 Å². The molecule has 1 rings (SSSR count). The lowest BCUT2D eigenvalue weighted by atomic mass is 10.2. The first-order valence-electron chi connectivity index (χ1n) is 5.94. The molecule has 1 atom stereocenters. The fourth-order valence-corrected chi connectivity index (χ4v) is 1.43. The number of halogens is 3. The summed E-state index contributed by atoms with van der Waals surface area (Å²) in [5.74, 6) is 0.776. The van der Waals surface area contributed by atoms with Gasteiger partial charge < -0.3 is 10.1 Å². The number of ether oxygens (including phenoxy) is 1. The van der Waals surface area contributed by atoms with Gasteiger partial charge in [-0.05, 0) is 30.8 Å². The standard InChI is InChI=1S/C13H18F3NO/c1-3-17-8-10(2)9-18-12-6-4-11(5-7-12)13(14,15)16/h4-7,10,17H,3,8-9H2,1-2H3. The molecule has 0 saturated carbocycles. The van der Waals surface area contributed by atoms with Crippen LogP contribution in [0.2, 0.25) is 0 Å². The van der Waals surface area contributed by atoms with Crippen LogP contribution in [0.4, 0.5) is 13.2 Å². The minimum absolute atomic E-state index is 0.312. The van der Waals surface area contributed by atoms with Crippen LogP contribution in [-0.4, -0.2) is 19.7 Å². The second-order valence-electron chi connectivity index (χ2n) is 4.25. The van der Waals surface area contributed by atoms with Crippen molar-refractivity contribution in [3.05, 3.63) is 29.8 Å². The molecule has 0 bridgehead atoms. The van der Waals surface area contributed by atoms with Crippen molar-refractivity contribution in [1.82, 2.24) is 5.32 Å². The van der Waals surface area contributed by atoms with Crippen LogP contribution in [0, 0.1) is 5.92 Å². The number of benzene rings is 1. The van der Waals surface area contributed by atoms with Gasteiger partial charge in [0.05, 0.1) is 12.2 Å². The number of hydrogen-bond donors (Lipinski definition) is 1. The molecule has 2 nitrogen and oxygen atoms in total. The summed E-state index contributed by atoms with van der Waals surface area (Å²) in [5, 5.41) is 3.18. The number of rotatable bonds is 6. The normalized spacial score (nSPS) is 13.4. The first-order valence-corrected chi connectivity index (χ1v) is 5.94. The molecule has 5 heteroatoms. The van der Waals surface area contributed by atoms with Crippen LogP contribution in [0.5, 0.6) is 5.75 Å². The fraction of sp³-hybridized carbons (Fsp3) is 0.538. The Bertz CT molecular complexity index is 348. The smallest absolute Gasteiger partial charge is 0.416 e. The van der Waals surface area contributed by atoms with Gasteiger partial charge in [0.25, 0.3) is 0 Å². The van der Waals surface area contributed by atoms with Crippen LogP contribution >= 0.6 is 0 Å². The highest BCUT2D eigenvalue weighted by Gasteiger charge is 2.29. The topological polar surface area (TPSA) is 21.3 Å². The largest absolute Gasteiger partial charge is 0.493 e. The van der Waals surface area contributed by atoms with Crippen LogP contribution in [0.15, 0.2) is 24.3 Å². The molecule has 1 aromatic carbocycles. The maximum Gasteiger partial charge on any atom is 0.416 e. The van der Waals surface area contributed by atoms with Crippen molar-refractivity contribution in [2.24, 2.45) is 5.92 Å². The Morgan fingerprint density at radius 3 is 2.33 bits per heavy atom.